The highest BCUT2D eigenvalue weighted by molar-refractivity contribution is 7.90. The van der Waals surface area contributed by atoms with Gasteiger partial charge in [-0.3, -0.25) is 0 Å². The molecule has 1 aliphatic carbocycles. The fourth-order valence-corrected chi connectivity index (χ4v) is 5.81. The van der Waals surface area contributed by atoms with Crippen molar-refractivity contribution >= 4 is 27.5 Å². The lowest BCUT2D eigenvalue weighted by Gasteiger charge is -2.22. The van der Waals surface area contributed by atoms with Crippen molar-refractivity contribution in [3.05, 3.63) is 59.2 Å². The van der Waals surface area contributed by atoms with E-state index >= 15 is 0 Å². The minimum absolute atomic E-state index is 0.0692. The number of likely N-dealkylation sites (tertiary alicyclic amines) is 1. The molecule has 0 radical (unpaired) electrons. The second-order valence-corrected chi connectivity index (χ2v) is 11.1. The number of sulfone groups is 1. The first-order valence-corrected chi connectivity index (χ1v) is 12.9. The van der Waals surface area contributed by atoms with Gasteiger partial charge in [-0.2, -0.15) is 13.2 Å². The summed E-state index contributed by atoms with van der Waals surface area (Å²) in [6, 6.07) is 8.96. The molecule has 188 valence electrons. The number of carbonyl (C=O) groups excluding carboxylic acids is 2. The smallest absolute Gasteiger partial charge is 0.416 e. The highest BCUT2D eigenvalue weighted by atomic mass is 32.2. The number of anilines is 1. The molecule has 4 rings (SSSR count). The van der Waals surface area contributed by atoms with Crippen molar-refractivity contribution in [3.63, 3.8) is 0 Å². The maximum atomic E-state index is 13.4. The normalized spacial score (nSPS) is 22.1. The molecule has 1 heterocycles. The highest BCUT2D eigenvalue weighted by Crippen LogP contribution is 2.48. The van der Waals surface area contributed by atoms with Crippen molar-refractivity contribution in [3.8, 4) is 0 Å². The Morgan fingerprint density at radius 3 is 2.26 bits per heavy atom. The molecule has 35 heavy (non-hydrogen) atoms. The lowest BCUT2D eigenvalue weighted by molar-refractivity contribution is -0.138. The van der Waals surface area contributed by atoms with E-state index in [0.717, 1.165) is 25.5 Å². The summed E-state index contributed by atoms with van der Waals surface area (Å²) in [7, 11) is -2.43. The molecule has 1 saturated heterocycles. The van der Waals surface area contributed by atoms with Crippen LogP contribution in [0.5, 0.6) is 0 Å². The molecule has 2 amide bonds. The zero-order chi connectivity index (χ0) is 25.5. The number of hydrogen-bond acceptors (Lipinski definition) is 5. The van der Waals surface area contributed by atoms with Gasteiger partial charge in [-0.15, -0.1) is 0 Å². The summed E-state index contributed by atoms with van der Waals surface area (Å²) in [5.41, 5.74) is -0.276. The van der Waals surface area contributed by atoms with Crippen LogP contribution in [-0.2, 0) is 20.8 Å². The Bertz CT molecular complexity index is 1250. The number of amides is 2. The van der Waals surface area contributed by atoms with Gasteiger partial charge in [-0.05, 0) is 60.4 Å². The number of alkyl halides is 3. The zero-order valence-corrected chi connectivity index (χ0v) is 19.9. The average Bonchev–Trinajstić information content (AvgIpc) is 3.37. The molecule has 0 aromatic heterocycles. The molecule has 2 aromatic carbocycles. The first kappa shape index (κ1) is 25.0. The molecule has 1 unspecified atom stereocenters. The fraction of sp³-hybridized carbons (Fsp3) is 0.417. The van der Waals surface area contributed by atoms with Crippen molar-refractivity contribution in [1.29, 1.82) is 0 Å². The zero-order valence-electron chi connectivity index (χ0n) is 19.1. The Kier molecular flexibility index (Phi) is 6.56. The summed E-state index contributed by atoms with van der Waals surface area (Å²) < 4.78 is 68.7. The van der Waals surface area contributed by atoms with Crippen LogP contribution in [0.3, 0.4) is 0 Å². The first-order chi connectivity index (χ1) is 16.4. The van der Waals surface area contributed by atoms with Crippen molar-refractivity contribution < 1.29 is 35.9 Å². The molecule has 2 aliphatic rings. The summed E-state index contributed by atoms with van der Waals surface area (Å²) in [4.78, 5) is 26.6. The van der Waals surface area contributed by atoms with Crippen LogP contribution in [0, 0.1) is 11.8 Å². The van der Waals surface area contributed by atoms with E-state index in [-0.39, 0.29) is 33.9 Å². The van der Waals surface area contributed by atoms with Crippen LogP contribution in [0.2, 0.25) is 0 Å². The number of halogens is 3. The van der Waals surface area contributed by atoms with Gasteiger partial charge in [0.25, 0.3) is 0 Å². The maximum absolute atomic E-state index is 13.4. The predicted molar refractivity (Wildman–Crippen MR) is 122 cm³/mol. The van der Waals surface area contributed by atoms with Gasteiger partial charge >= 0.3 is 18.2 Å². The van der Waals surface area contributed by atoms with E-state index in [1.807, 2.05) is 0 Å². The lowest BCUT2D eigenvalue weighted by Crippen LogP contribution is -2.34. The summed E-state index contributed by atoms with van der Waals surface area (Å²) in [6.45, 7) is 0.770. The summed E-state index contributed by atoms with van der Waals surface area (Å²) in [5.74, 6) is -0.878. The van der Waals surface area contributed by atoms with Crippen LogP contribution in [-0.4, -0.2) is 51.8 Å². The number of nitrogens with one attached hydrogen (secondary N) is 1. The van der Waals surface area contributed by atoms with E-state index in [0.29, 0.717) is 31.5 Å². The Morgan fingerprint density at radius 2 is 1.69 bits per heavy atom. The molecular formula is C24H25F3N2O5S. The first-order valence-electron chi connectivity index (χ1n) is 11.0. The molecule has 0 bridgehead atoms. The van der Waals surface area contributed by atoms with Crippen LogP contribution in [0.25, 0.3) is 0 Å². The molecule has 1 saturated carbocycles. The third-order valence-corrected chi connectivity index (χ3v) is 7.92. The van der Waals surface area contributed by atoms with Gasteiger partial charge < -0.3 is 15.0 Å². The molecule has 2 fully saturated rings. The molecule has 2 aromatic rings. The second kappa shape index (κ2) is 9.18. The van der Waals surface area contributed by atoms with Gasteiger partial charge in [0, 0.05) is 19.3 Å². The number of nitrogens with zero attached hydrogens (tertiary/aromatic N) is 1. The molecule has 11 heteroatoms. The van der Waals surface area contributed by atoms with Gasteiger partial charge in [-0.1, -0.05) is 18.2 Å². The monoisotopic (exact) mass is 510 g/mol. The van der Waals surface area contributed by atoms with Crippen molar-refractivity contribution in [2.24, 2.45) is 11.8 Å². The Balaban J connectivity index is 1.46. The largest absolute Gasteiger partial charge is 0.465 e. The Hall–Kier alpha value is -3.08. The predicted octanol–water partition coefficient (Wildman–Crippen LogP) is 4.55. The molecule has 1 aliphatic heterocycles. The van der Waals surface area contributed by atoms with Crippen LogP contribution in [0.4, 0.5) is 23.7 Å². The third-order valence-electron chi connectivity index (χ3n) is 6.81. The van der Waals surface area contributed by atoms with Crippen LogP contribution >= 0.6 is 0 Å². The van der Waals surface area contributed by atoms with E-state index in [2.05, 4.69) is 5.32 Å². The van der Waals surface area contributed by atoms with Crippen LogP contribution in [0.1, 0.15) is 40.2 Å². The number of rotatable bonds is 4. The van der Waals surface area contributed by atoms with E-state index < -0.39 is 33.6 Å². The second-order valence-electron chi connectivity index (χ2n) is 9.08. The van der Waals surface area contributed by atoms with Crippen LogP contribution < -0.4 is 5.32 Å². The standard InChI is InChI=1S/C24H25F3N2O5S/c1-34-22(30)19-11-17(35(2,32)33)7-8-21(19)28-23(31)29-12-15-9-14(10-16(15)13-29)18-5-3-4-6-20(18)24(25,26)27/h3-8,11,14-16H,9-10,12-13H2,1-2H3,(H,28,31)/t14?,15-,16+. The van der Waals surface area contributed by atoms with Gasteiger partial charge in [0.05, 0.1) is 28.8 Å². The quantitative estimate of drug-likeness (QED) is 0.609. The van der Waals surface area contributed by atoms with E-state index in [1.165, 1.54) is 24.3 Å². The number of ether oxygens (including phenoxy) is 1. The number of methoxy groups -OCH3 is 1. The van der Waals surface area contributed by atoms with Gasteiger partial charge in [0.15, 0.2) is 9.84 Å². The van der Waals surface area contributed by atoms with Crippen molar-refractivity contribution in [2.45, 2.75) is 29.8 Å². The fourth-order valence-electron chi connectivity index (χ4n) is 5.17. The summed E-state index contributed by atoms with van der Waals surface area (Å²) >= 11 is 0. The van der Waals surface area contributed by atoms with Crippen molar-refractivity contribution in [2.75, 3.05) is 31.8 Å². The highest BCUT2D eigenvalue weighted by Gasteiger charge is 2.45. The summed E-state index contributed by atoms with van der Waals surface area (Å²) in [6.07, 6.45) is -2.30. The number of hydrogen-bond donors (Lipinski definition) is 1. The van der Waals surface area contributed by atoms with E-state index in [9.17, 15) is 31.2 Å². The van der Waals surface area contributed by atoms with Gasteiger partial charge in [0.1, 0.15) is 0 Å². The maximum Gasteiger partial charge on any atom is 0.416 e. The van der Waals surface area contributed by atoms with E-state index in [4.69, 9.17) is 4.74 Å². The minimum atomic E-state index is -4.41. The average molecular weight is 511 g/mol. The SMILES string of the molecule is COC(=O)c1cc(S(C)(=O)=O)ccc1NC(=O)N1C[C@H]2CC(c3ccccc3C(F)(F)F)C[C@H]2C1. The molecule has 7 nitrogen and oxygen atoms in total. The molecule has 1 N–H and O–H groups in total. The third kappa shape index (κ3) is 5.14. The van der Waals surface area contributed by atoms with Gasteiger partial charge in [-0.25, -0.2) is 18.0 Å². The van der Waals surface area contributed by atoms with Gasteiger partial charge in [0.2, 0.25) is 0 Å². The Labute approximate surface area is 201 Å². The molecular weight excluding hydrogens is 485 g/mol. The minimum Gasteiger partial charge on any atom is -0.465 e. The molecule has 0 spiro atoms. The Morgan fingerprint density at radius 1 is 1.06 bits per heavy atom. The number of carbonyl (C=O) groups is 2. The lowest BCUT2D eigenvalue weighted by atomic mass is 9.91. The molecule has 3 atom stereocenters. The summed E-state index contributed by atoms with van der Waals surface area (Å²) in [5, 5.41) is 2.65. The number of esters is 1. The van der Waals surface area contributed by atoms with E-state index in [1.54, 1.807) is 11.0 Å². The topological polar surface area (TPSA) is 92.8 Å². The number of benzene rings is 2. The number of fused-ring (bicyclic) bond motifs is 1. The number of urea groups is 1. The van der Waals surface area contributed by atoms with Crippen molar-refractivity contribution in [1.82, 2.24) is 4.90 Å². The van der Waals surface area contributed by atoms with Crippen LogP contribution in [0.15, 0.2) is 47.4 Å².